The fourth-order valence-electron chi connectivity index (χ4n) is 2.37. The summed E-state index contributed by atoms with van der Waals surface area (Å²) >= 11 is 0. The molecule has 2 aromatic carbocycles. The van der Waals surface area contributed by atoms with Crippen LogP contribution in [0.5, 0.6) is 0 Å². The molecule has 0 radical (unpaired) electrons. The maximum atomic E-state index is 12.0. The maximum Gasteiger partial charge on any atom is 0.338 e. The molecule has 2 atom stereocenters. The third-order valence-electron chi connectivity index (χ3n) is 3.76. The molecule has 0 saturated carbocycles. The van der Waals surface area contributed by atoms with Gasteiger partial charge >= 0.3 is 11.9 Å². The standard InChI is InChI=1S/C19H18O6/c20-18(14-7-3-1-4-8-14)22-11-16-17(25-13-24-16)12-23-19(21)15-9-5-2-6-10-15/h1-10,16-17H,11-13H2/t16-,17-/m0/s1. The van der Waals surface area contributed by atoms with Crippen molar-refractivity contribution in [3.8, 4) is 0 Å². The number of esters is 2. The van der Waals surface area contributed by atoms with Gasteiger partial charge in [-0.1, -0.05) is 36.4 Å². The number of benzene rings is 2. The second kappa shape index (κ2) is 8.41. The Morgan fingerprint density at radius 1 is 0.760 bits per heavy atom. The highest BCUT2D eigenvalue weighted by molar-refractivity contribution is 5.89. The van der Waals surface area contributed by atoms with Gasteiger partial charge in [0, 0.05) is 0 Å². The van der Waals surface area contributed by atoms with Crippen molar-refractivity contribution in [2.45, 2.75) is 12.2 Å². The summed E-state index contributed by atoms with van der Waals surface area (Å²) in [5.41, 5.74) is 0.932. The van der Waals surface area contributed by atoms with E-state index in [1.165, 1.54) is 0 Å². The number of hydrogen-bond acceptors (Lipinski definition) is 6. The van der Waals surface area contributed by atoms with Crippen molar-refractivity contribution < 1.29 is 28.5 Å². The van der Waals surface area contributed by atoms with Gasteiger partial charge in [-0.05, 0) is 24.3 Å². The summed E-state index contributed by atoms with van der Waals surface area (Å²) in [5.74, 6) is -0.868. The van der Waals surface area contributed by atoms with E-state index >= 15 is 0 Å². The third kappa shape index (κ3) is 4.65. The number of rotatable bonds is 6. The van der Waals surface area contributed by atoms with E-state index < -0.39 is 24.1 Å². The summed E-state index contributed by atoms with van der Waals surface area (Å²) in [6.07, 6.45) is -0.951. The Hall–Kier alpha value is -2.70. The van der Waals surface area contributed by atoms with E-state index in [0.29, 0.717) is 11.1 Å². The van der Waals surface area contributed by atoms with Crippen LogP contribution in [-0.2, 0) is 18.9 Å². The predicted octanol–water partition coefficient (Wildman–Crippen LogP) is 2.44. The number of carbonyl (C=O) groups excluding carboxylic acids is 2. The number of hydrogen-bond donors (Lipinski definition) is 0. The molecule has 25 heavy (non-hydrogen) atoms. The Labute approximate surface area is 145 Å². The van der Waals surface area contributed by atoms with Crippen LogP contribution in [0.2, 0.25) is 0 Å². The first-order valence-corrected chi connectivity index (χ1v) is 7.91. The lowest BCUT2D eigenvalue weighted by atomic mass is 10.2. The molecule has 1 fully saturated rings. The summed E-state index contributed by atoms with van der Waals surface area (Å²) in [6.45, 7) is 0.129. The lowest BCUT2D eigenvalue weighted by Crippen LogP contribution is -2.33. The highest BCUT2D eigenvalue weighted by atomic mass is 16.7. The first-order valence-electron chi connectivity index (χ1n) is 7.91. The van der Waals surface area contributed by atoms with Crippen LogP contribution in [-0.4, -0.2) is 44.2 Å². The van der Waals surface area contributed by atoms with Gasteiger partial charge in [0.15, 0.2) is 0 Å². The summed E-state index contributed by atoms with van der Waals surface area (Å²) in [4.78, 5) is 23.9. The van der Waals surface area contributed by atoms with E-state index in [9.17, 15) is 9.59 Å². The first kappa shape index (κ1) is 17.1. The predicted molar refractivity (Wildman–Crippen MR) is 88.1 cm³/mol. The summed E-state index contributed by atoms with van der Waals surface area (Å²) in [5, 5.41) is 0. The zero-order chi connectivity index (χ0) is 17.5. The molecular weight excluding hydrogens is 324 g/mol. The van der Waals surface area contributed by atoms with Crippen LogP contribution < -0.4 is 0 Å². The molecule has 0 aromatic heterocycles. The Bertz CT molecular complexity index is 639. The second-order valence-corrected chi connectivity index (χ2v) is 5.46. The molecular formula is C19H18O6. The molecule has 0 bridgehead atoms. The van der Waals surface area contributed by atoms with Gasteiger partial charge in [0.2, 0.25) is 0 Å². The van der Waals surface area contributed by atoms with Gasteiger partial charge in [-0.3, -0.25) is 0 Å². The molecule has 0 spiro atoms. The van der Waals surface area contributed by atoms with E-state index in [4.69, 9.17) is 18.9 Å². The molecule has 130 valence electrons. The van der Waals surface area contributed by atoms with E-state index in [1.807, 2.05) is 12.1 Å². The van der Waals surface area contributed by atoms with Crippen LogP contribution in [0.3, 0.4) is 0 Å². The lowest BCUT2D eigenvalue weighted by Gasteiger charge is -2.17. The van der Waals surface area contributed by atoms with Gasteiger partial charge in [0.25, 0.3) is 0 Å². The Balaban J connectivity index is 1.47. The molecule has 1 saturated heterocycles. The van der Waals surface area contributed by atoms with Crippen LogP contribution in [0.1, 0.15) is 20.7 Å². The molecule has 6 heteroatoms. The Morgan fingerprint density at radius 3 is 1.56 bits per heavy atom. The summed E-state index contributed by atoms with van der Waals surface area (Å²) in [6, 6.07) is 17.4. The Kier molecular flexibility index (Phi) is 5.77. The smallest absolute Gasteiger partial charge is 0.338 e. The van der Waals surface area contributed by atoms with Crippen LogP contribution in [0.15, 0.2) is 60.7 Å². The first-order chi connectivity index (χ1) is 12.2. The van der Waals surface area contributed by atoms with Crippen molar-refractivity contribution in [1.29, 1.82) is 0 Å². The van der Waals surface area contributed by atoms with Gasteiger partial charge < -0.3 is 18.9 Å². The Morgan fingerprint density at radius 2 is 1.16 bits per heavy atom. The van der Waals surface area contributed by atoms with Gasteiger partial charge in [0.05, 0.1) is 11.1 Å². The molecule has 1 heterocycles. The minimum atomic E-state index is -0.476. The topological polar surface area (TPSA) is 71.1 Å². The third-order valence-corrected chi connectivity index (χ3v) is 3.76. The average molecular weight is 342 g/mol. The van der Waals surface area contributed by atoms with Crippen LogP contribution in [0.4, 0.5) is 0 Å². The minimum absolute atomic E-state index is 0.0290. The molecule has 6 nitrogen and oxygen atoms in total. The van der Waals surface area contributed by atoms with Crippen molar-refractivity contribution in [3.63, 3.8) is 0 Å². The lowest BCUT2D eigenvalue weighted by molar-refractivity contribution is 0.00330. The maximum absolute atomic E-state index is 12.0. The molecule has 1 aliphatic heterocycles. The van der Waals surface area contributed by atoms with Gasteiger partial charge in [0.1, 0.15) is 32.2 Å². The van der Waals surface area contributed by atoms with Crippen molar-refractivity contribution in [1.82, 2.24) is 0 Å². The summed E-state index contributed by atoms with van der Waals surface area (Å²) < 4.78 is 21.3. The van der Waals surface area contributed by atoms with Gasteiger partial charge in [-0.25, -0.2) is 9.59 Å². The zero-order valence-corrected chi connectivity index (χ0v) is 13.5. The second-order valence-electron chi connectivity index (χ2n) is 5.46. The van der Waals surface area contributed by atoms with Crippen LogP contribution >= 0.6 is 0 Å². The minimum Gasteiger partial charge on any atom is -0.459 e. The molecule has 2 aromatic rings. The highest BCUT2D eigenvalue weighted by Gasteiger charge is 2.32. The summed E-state index contributed by atoms with van der Waals surface area (Å²) in [7, 11) is 0. The van der Waals surface area contributed by atoms with Crippen molar-refractivity contribution in [3.05, 3.63) is 71.8 Å². The fraction of sp³-hybridized carbons (Fsp3) is 0.263. The fourth-order valence-corrected chi connectivity index (χ4v) is 2.37. The van der Waals surface area contributed by atoms with Crippen LogP contribution in [0.25, 0.3) is 0 Å². The van der Waals surface area contributed by atoms with Crippen LogP contribution in [0, 0.1) is 0 Å². The van der Waals surface area contributed by atoms with Crippen molar-refractivity contribution >= 4 is 11.9 Å². The molecule has 0 unspecified atom stereocenters. The molecule has 1 aliphatic rings. The van der Waals surface area contributed by atoms with E-state index in [1.54, 1.807) is 48.5 Å². The largest absolute Gasteiger partial charge is 0.459 e. The van der Waals surface area contributed by atoms with Crippen molar-refractivity contribution in [2.24, 2.45) is 0 Å². The van der Waals surface area contributed by atoms with E-state index in [-0.39, 0.29) is 20.0 Å². The highest BCUT2D eigenvalue weighted by Crippen LogP contribution is 2.15. The van der Waals surface area contributed by atoms with E-state index in [2.05, 4.69) is 0 Å². The zero-order valence-electron chi connectivity index (χ0n) is 13.5. The average Bonchev–Trinajstić information content (AvgIpc) is 3.13. The molecule has 0 aliphatic carbocycles. The van der Waals surface area contributed by atoms with Gasteiger partial charge in [-0.2, -0.15) is 0 Å². The molecule has 0 N–H and O–H groups in total. The normalized spacial score (nSPS) is 19.4. The molecule has 0 amide bonds. The van der Waals surface area contributed by atoms with E-state index in [0.717, 1.165) is 0 Å². The monoisotopic (exact) mass is 342 g/mol. The van der Waals surface area contributed by atoms with Crippen molar-refractivity contribution in [2.75, 3.05) is 20.0 Å². The quantitative estimate of drug-likeness (QED) is 0.751. The SMILES string of the molecule is O=C(OC[C@@H]1OCO[C@H]1COC(=O)c1ccccc1)c1ccccc1. The van der Waals surface area contributed by atoms with Gasteiger partial charge in [-0.15, -0.1) is 0 Å². The number of carbonyl (C=O) groups is 2. The number of ether oxygens (including phenoxy) is 4. The molecule has 3 rings (SSSR count).